The molecule has 1 aromatic rings. The third-order valence-corrected chi connectivity index (χ3v) is 5.14. The van der Waals surface area contributed by atoms with Gasteiger partial charge in [0.2, 0.25) is 10.0 Å². The van der Waals surface area contributed by atoms with Crippen LogP contribution in [0.2, 0.25) is 0 Å². The Labute approximate surface area is 94.8 Å². The van der Waals surface area contributed by atoms with Crippen LogP contribution in [0.1, 0.15) is 29.8 Å². The lowest BCUT2D eigenvalue weighted by Gasteiger charge is -2.33. The molecule has 1 aromatic heterocycles. The second kappa shape index (κ2) is 3.88. The van der Waals surface area contributed by atoms with E-state index in [4.69, 9.17) is 0 Å². The molecular weight excluding hydrogens is 230 g/mol. The minimum Gasteiger partial charge on any atom is -0.212 e. The number of rotatable bonds is 2. The van der Waals surface area contributed by atoms with Gasteiger partial charge in [-0.05, 0) is 29.9 Å². The van der Waals surface area contributed by atoms with E-state index in [-0.39, 0.29) is 6.04 Å². The van der Waals surface area contributed by atoms with Crippen molar-refractivity contribution in [3.05, 3.63) is 21.9 Å². The van der Waals surface area contributed by atoms with Crippen LogP contribution in [0.15, 0.2) is 11.4 Å². The first-order valence-electron chi connectivity index (χ1n) is 5.07. The fourth-order valence-corrected chi connectivity index (χ4v) is 4.27. The molecule has 0 radical (unpaired) electrons. The Morgan fingerprint density at radius 2 is 2.33 bits per heavy atom. The lowest BCUT2D eigenvalue weighted by molar-refractivity contribution is 0.305. The summed E-state index contributed by atoms with van der Waals surface area (Å²) in [5.74, 6) is 0. The topological polar surface area (TPSA) is 37.4 Å². The van der Waals surface area contributed by atoms with Gasteiger partial charge in [0.1, 0.15) is 0 Å². The summed E-state index contributed by atoms with van der Waals surface area (Å²) < 4.78 is 24.9. The number of hydrogen-bond donors (Lipinski definition) is 0. The van der Waals surface area contributed by atoms with E-state index in [2.05, 4.69) is 11.4 Å². The van der Waals surface area contributed by atoms with Crippen molar-refractivity contribution in [3.8, 4) is 0 Å². The molecule has 0 spiro atoms. The van der Waals surface area contributed by atoms with Crippen LogP contribution in [-0.4, -0.2) is 25.5 Å². The van der Waals surface area contributed by atoms with Crippen LogP contribution >= 0.6 is 11.3 Å². The SMILES string of the molecule is CC[C@H]1c2ccsc2CCN1S(C)(=O)=O. The summed E-state index contributed by atoms with van der Waals surface area (Å²) in [5, 5.41) is 2.05. The Hall–Kier alpha value is -0.390. The monoisotopic (exact) mass is 245 g/mol. The van der Waals surface area contributed by atoms with Gasteiger partial charge in [-0.15, -0.1) is 11.3 Å². The molecule has 3 nitrogen and oxygen atoms in total. The Morgan fingerprint density at radius 1 is 1.60 bits per heavy atom. The minimum absolute atomic E-state index is 0.0509. The van der Waals surface area contributed by atoms with Crippen molar-refractivity contribution >= 4 is 21.4 Å². The highest BCUT2D eigenvalue weighted by Crippen LogP contribution is 2.36. The summed E-state index contributed by atoms with van der Waals surface area (Å²) in [5.41, 5.74) is 1.21. The highest BCUT2D eigenvalue weighted by molar-refractivity contribution is 7.88. The number of hydrogen-bond acceptors (Lipinski definition) is 3. The summed E-state index contributed by atoms with van der Waals surface area (Å²) >= 11 is 1.74. The molecule has 0 saturated carbocycles. The molecule has 2 rings (SSSR count). The van der Waals surface area contributed by atoms with Crippen molar-refractivity contribution in [2.24, 2.45) is 0 Å². The number of nitrogens with zero attached hydrogens (tertiary/aromatic N) is 1. The predicted octanol–water partition coefficient (Wildman–Crippen LogP) is 2.02. The normalized spacial score (nSPS) is 22.7. The van der Waals surface area contributed by atoms with Crippen LogP contribution in [-0.2, 0) is 16.4 Å². The first kappa shape index (κ1) is 11.1. The van der Waals surface area contributed by atoms with Crippen molar-refractivity contribution in [2.45, 2.75) is 25.8 Å². The summed E-state index contributed by atoms with van der Waals surface area (Å²) in [6.07, 6.45) is 3.00. The fourth-order valence-electron chi connectivity index (χ4n) is 2.19. The zero-order chi connectivity index (χ0) is 11.1. The van der Waals surface area contributed by atoms with Crippen molar-refractivity contribution in [1.82, 2.24) is 4.31 Å². The van der Waals surface area contributed by atoms with Crippen LogP contribution < -0.4 is 0 Å². The lowest BCUT2D eigenvalue weighted by atomic mass is 10.0. The van der Waals surface area contributed by atoms with Gasteiger partial charge in [-0.2, -0.15) is 4.31 Å². The molecule has 1 atom stereocenters. The summed E-state index contributed by atoms with van der Waals surface area (Å²) in [4.78, 5) is 1.35. The Bertz CT molecular complexity index is 450. The molecule has 0 N–H and O–H groups in total. The first-order valence-corrected chi connectivity index (χ1v) is 7.80. The van der Waals surface area contributed by atoms with E-state index in [0.29, 0.717) is 6.54 Å². The molecule has 1 aliphatic rings. The lowest BCUT2D eigenvalue weighted by Crippen LogP contribution is -2.38. The maximum absolute atomic E-state index is 11.6. The molecule has 0 aromatic carbocycles. The quantitative estimate of drug-likeness (QED) is 0.799. The molecule has 5 heteroatoms. The van der Waals surface area contributed by atoms with Gasteiger partial charge in [0, 0.05) is 11.4 Å². The van der Waals surface area contributed by atoms with E-state index in [9.17, 15) is 8.42 Å². The molecule has 0 saturated heterocycles. The Morgan fingerprint density at radius 3 is 2.93 bits per heavy atom. The zero-order valence-corrected chi connectivity index (χ0v) is 10.6. The molecule has 84 valence electrons. The predicted molar refractivity (Wildman–Crippen MR) is 62.6 cm³/mol. The average Bonchev–Trinajstić information content (AvgIpc) is 2.61. The molecule has 0 bridgehead atoms. The molecule has 0 unspecified atom stereocenters. The van der Waals surface area contributed by atoms with E-state index >= 15 is 0 Å². The van der Waals surface area contributed by atoms with Crippen molar-refractivity contribution in [1.29, 1.82) is 0 Å². The van der Waals surface area contributed by atoms with Gasteiger partial charge in [-0.1, -0.05) is 6.92 Å². The van der Waals surface area contributed by atoms with E-state index in [1.54, 1.807) is 15.6 Å². The largest absolute Gasteiger partial charge is 0.212 e. The second-order valence-corrected chi connectivity index (χ2v) is 6.78. The highest BCUT2D eigenvalue weighted by atomic mass is 32.2. The molecule has 2 heterocycles. The fraction of sp³-hybridized carbons (Fsp3) is 0.600. The molecule has 0 aliphatic carbocycles. The van der Waals surface area contributed by atoms with Crippen LogP contribution in [0.25, 0.3) is 0 Å². The van der Waals surface area contributed by atoms with Gasteiger partial charge < -0.3 is 0 Å². The average molecular weight is 245 g/mol. The number of sulfonamides is 1. The number of fused-ring (bicyclic) bond motifs is 1. The van der Waals surface area contributed by atoms with E-state index < -0.39 is 10.0 Å². The van der Waals surface area contributed by atoms with Crippen LogP contribution in [0.3, 0.4) is 0 Å². The van der Waals surface area contributed by atoms with Gasteiger partial charge in [0.15, 0.2) is 0 Å². The van der Waals surface area contributed by atoms with Crippen molar-refractivity contribution in [2.75, 3.05) is 12.8 Å². The Balaban J connectivity index is 2.41. The van der Waals surface area contributed by atoms with Gasteiger partial charge >= 0.3 is 0 Å². The maximum atomic E-state index is 11.6. The van der Waals surface area contributed by atoms with Gasteiger partial charge in [0.25, 0.3) is 0 Å². The van der Waals surface area contributed by atoms with Gasteiger partial charge in [-0.25, -0.2) is 8.42 Å². The van der Waals surface area contributed by atoms with E-state index in [1.807, 2.05) is 6.92 Å². The van der Waals surface area contributed by atoms with Crippen LogP contribution in [0.5, 0.6) is 0 Å². The van der Waals surface area contributed by atoms with E-state index in [1.165, 1.54) is 16.7 Å². The minimum atomic E-state index is -3.07. The molecule has 0 amide bonds. The standard InChI is InChI=1S/C10H15NO2S2/c1-3-9-8-5-7-14-10(8)4-6-11(9)15(2,12)13/h5,7,9H,3-4,6H2,1-2H3/t9-/m0/s1. The summed E-state index contributed by atoms with van der Waals surface area (Å²) in [7, 11) is -3.07. The molecular formula is C10H15NO2S2. The Kier molecular flexibility index (Phi) is 2.87. The summed E-state index contributed by atoms with van der Waals surface area (Å²) in [6, 6.07) is 2.11. The molecule has 15 heavy (non-hydrogen) atoms. The van der Waals surface area contributed by atoms with Crippen LogP contribution in [0.4, 0.5) is 0 Å². The van der Waals surface area contributed by atoms with Crippen molar-refractivity contribution in [3.63, 3.8) is 0 Å². The maximum Gasteiger partial charge on any atom is 0.211 e. The zero-order valence-electron chi connectivity index (χ0n) is 8.93. The third-order valence-electron chi connectivity index (χ3n) is 2.86. The second-order valence-electron chi connectivity index (χ2n) is 3.85. The molecule has 0 fully saturated rings. The first-order chi connectivity index (χ1) is 7.04. The molecule has 1 aliphatic heterocycles. The highest BCUT2D eigenvalue weighted by Gasteiger charge is 2.32. The third kappa shape index (κ3) is 1.96. The van der Waals surface area contributed by atoms with Gasteiger partial charge in [-0.3, -0.25) is 0 Å². The number of thiophene rings is 1. The smallest absolute Gasteiger partial charge is 0.211 e. The van der Waals surface area contributed by atoms with Crippen LogP contribution in [0, 0.1) is 0 Å². The van der Waals surface area contributed by atoms with Crippen molar-refractivity contribution < 1.29 is 8.42 Å². The van der Waals surface area contributed by atoms with Gasteiger partial charge in [0.05, 0.1) is 12.3 Å². The summed E-state index contributed by atoms with van der Waals surface area (Å²) in [6.45, 7) is 2.67. The van der Waals surface area contributed by atoms with E-state index in [0.717, 1.165) is 12.8 Å².